The smallest absolute Gasteiger partial charge is 0.242 e. The quantitative estimate of drug-likeness (QED) is 0.754. The highest BCUT2D eigenvalue weighted by molar-refractivity contribution is 5.87. The molecule has 7 atom stereocenters. The highest BCUT2D eigenvalue weighted by Gasteiger charge is 2.56. The maximum absolute atomic E-state index is 13.1. The van der Waals surface area contributed by atoms with E-state index in [0.29, 0.717) is 24.6 Å². The topological polar surface area (TPSA) is 117 Å². The highest BCUT2D eigenvalue weighted by Crippen LogP contribution is 2.48. The van der Waals surface area contributed by atoms with E-state index in [9.17, 15) is 14.9 Å². The minimum atomic E-state index is -0.716. The van der Waals surface area contributed by atoms with E-state index in [1.165, 1.54) is 0 Å². The Morgan fingerprint density at radius 3 is 2.61 bits per heavy atom. The molecule has 0 aromatic heterocycles. The van der Waals surface area contributed by atoms with Gasteiger partial charge in [0.25, 0.3) is 0 Å². The SMILES string of the molecule is CC(c1ccc(C#N)cc1)N1C(=O)[C@@H]2C[C@H]1CN2CC(N)C(=O)N1C(C#N)C[C@@H]2C[C@@H]21. The van der Waals surface area contributed by atoms with Crippen LogP contribution in [0, 0.1) is 28.6 Å². The van der Waals surface area contributed by atoms with Gasteiger partial charge in [-0.05, 0) is 49.8 Å². The van der Waals surface area contributed by atoms with Gasteiger partial charge in [-0.1, -0.05) is 12.1 Å². The molecule has 3 aliphatic heterocycles. The van der Waals surface area contributed by atoms with Gasteiger partial charge in [0.05, 0.1) is 35.8 Å². The molecule has 4 fully saturated rings. The lowest BCUT2D eigenvalue weighted by atomic mass is 10.0. The summed E-state index contributed by atoms with van der Waals surface area (Å²) < 4.78 is 0. The zero-order chi connectivity index (χ0) is 21.9. The monoisotopic (exact) mass is 418 g/mol. The first-order chi connectivity index (χ1) is 14.9. The number of carbonyl (C=O) groups excluding carboxylic acids is 2. The lowest BCUT2D eigenvalue weighted by Crippen LogP contribution is -2.57. The third kappa shape index (κ3) is 3.18. The fourth-order valence-corrected chi connectivity index (χ4v) is 5.81. The fraction of sp³-hybridized carbons (Fsp3) is 0.565. The Morgan fingerprint density at radius 2 is 1.97 bits per heavy atom. The first-order valence-corrected chi connectivity index (χ1v) is 11.0. The Balaban J connectivity index is 1.23. The second-order valence-corrected chi connectivity index (χ2v) is 9.31. The molecule has 3 heterocycles. The lowest BCUT2D eigenvalue weighted by molar-refractivity contribution is -0.141. The number of piperidine rings is 1. The molecule has 2 amide bonds. The number of nitrogens with zero attached hydrogens (tertiary/aromatic N) is 5. The number of carbonyl (C=O) groups is 2. The van der Waals surface area contributed by atoms with E-state index in [4.69, 9.17) is 11.0 Å². The van der Waals surface area contributed by atoms with Crippen molar-refractivity contribution in [1.82, 2.24) is 14.7 Å². The van der Waals surface area contributed by atoms with Crippen molar-refractivity contribution in [3.05, 3.63) is 35.4 Å². The van der Waals surface area contributed by atoms with Crippen molar-refractivity contribution in [3.63, 3.8) is 0 Å². The predicted molar refractivity (Wildman–Crippen MR) is 111 cm³/mol. The molecular formula is C23H26N6O2. The van der Waals surface area contributed by atoms with E-state index in [1.54, 1.807) is 17.0 Å². The van der Waals surface area contributed by atoms with Crippen LogP contribution < -0.4 is 5.73 Å². The molecule has 2 N–H and O–H groups in total. The largest absolute Gasteiger partial charge is 0.330 e. The molecule has 3 unspecified atom stereocenters. The molecule has 8 nitrogen and oxygen atoms in total. The molecule has 5 rings (SSSR count). The minimum Gasteiger partial charge on any atom is -0.330 e. The molecule has 1 aromatic carbocycles. The zero-order valence-corrected chi connectivity index (χ0v) is 17.5. The van der Waals surface area contributed by atoms with Crippen molar-refractivity contribution in [2.75, 3.05) is 13.1 Å². The van der Waals surface area contributed by atoms with Gasteiger partial charge in [-0.2, -0.15) is 10.5 Å². The van der Waals surface area contributed by atoms with Crippen molar-refractivity contribution in [2.24, 2.45) is 11.7 Å². The summed E-state index contributed by atoms with van der Waals surface area (Å²) in [6, 6.07) is 10.6. The molecule has 160 valence electrons. The van der Waals surface area contributed by atoms with Gasteiger partial charge in [-0.3, -0.25) is 14.5 Å². The number of piperazine rings is 1. The summed E-state index contributed by atoms with van der Waals surface area (Å²) in [6.45, 7) is 3.06. The molecule has 8 heteroatoms. The van der Waals surface area contributed by atoms with Crippen LogP contribution in [0.3, 0.4) is 0 Å². The molecular weight excluding hydrogens is 392 g/mol. The summed E-state index contributed by atoms with van der Waals surface area (Å²) in [4.78, 5) is 31.8. The number of nitrogens with two attached hydrogens (primary N) is 1. The second-order valence-electron chi connectivity index (χ2n) is 9.31. The van der Waals surface area contributed by atoms with Crippen LogP contribution in [-0.2, 0) is 9.59 Å². The third-order valence-electron chi connectivity index (χ3n) is 7.51. The van der Waals surface area contributed by atoms with Crippen LogP contribution in [0.5, 0.6) is 0 Å². The molecule has 31 heavy (non-hydrogen) atoms. The number of nitriles is 2. The van der Waals surface area contributed by atoms with Gasteiger partial charge in [0.15, 0.2) is 0 Å². The molecule has 0 radical (unpaired) electrons. The molecule has 1 aliphatic carbocycles. The highest BCUT2D eigenvalue weighted by atomic mass is 16.2. The standard InChI is InChI=1S/C23H26N6O2/c1-13(15-4-2-14(9-24)3-5-15)28-18-8-21(23(28)31)27(11-18)12-19(26)22(30)29-17(10-25)6-16-7-20(16)29/h2-5,13,16-21H,6-8,11-12,26H2,1H3/t13?,16-,17?,18+,19?,20+,21+/m1/s1. The van der Waals surface area contributed by atoms with E-state index >= 15 is 0 Å². The Morgan fingerprint density at radius 1 is 1.23 bits per heavy atom. The van der Waals surface area contributed by atoms with Crippen molar-refractivity contribution >= 4 is 11.8 Å². The number of amides is 2. The van der Waals surface area contributed by atoms with Crippen molar-refractivity contribution < 1.29 is 9.59 Å². The van der Waals surface area contributed by atoms with Crippen LogP contribution in [-0.4, -0.2) is 69.8 Å². The van der Waals surface area contributed by atoms with E-state index < -0.39 is 6.04 Å². The Labute approximate surface area is 181 Å². The van der Waals surface area contributed by atoms with Gasteiger partial charge in [0.1, 0.15) is 6.04 Å². The number of hydrogen-bond donors (Lipinski definition) is 1. The predicted octanol–water partition coefficient (Wildman–Crippen LogP) is 0.745. The van der Waals surface area contributed by atoms with Crippen LogP contribution >= 0.6 is 0 Å². The third-order valence-corrected chi connectivity index (χ3v) is 7.51. The summed E-state index contributed by atoms with van der Waals surface area (Å²) in [5, 5.41) is 18.3. The number of rotatable bonds is 5. The average Bonchev–Trinajstić information content (AvgIpc) is 3.11. The van der Waals surface area contributed by atoms with Crippen LogP contribution in [0.2, 0.25) is 0 Å². The Kier molecular flexibility index (Phi) is 4.73. The number of benzene rings is 1. The van der Waals surface area contributed by atoms with E-state index in [1.807, 2.05) is 28.9 Å². The second kappa shape index (κ2) is 7.33. The number of hydrogen-bond acceptors (Lipinski definition) is 6. The Hall–Kier alpha value is -2.94. The minimum absolute atomic E-state index is 0.0690. The fourth-order valence-electron chi connectivity index (χ4n) is 5.81. The van der Waals surface area contributed by atoms with Crippen LogP contribution in [0.25, 0.3) is 0 Å². The normalized spacial score (nSPS) is 33.0. The molecule has 2 bridgehead atoms. The lowest BCUT2D eigenvalue weighted by Gasteiger charge is -2.38. The maximum Gasteiger partial charge on any atom is 0.242 e. The van der Waals surface area contributed by atoms with Crippen LogP contribution in [0.15, 0.2) is 24.3 Å². The molecule has 0 spiro atoms. The van der Waals surface area contributed by atoms with E-state index in [0.717, 1.165) is 24.8 Å². The average molecular weight is 419 g/mol. The number of likely N-dealkylation sites (tertiary alicyclic amines) is 3. The summed E-state index contributed by atoms with van der Waals surface area (Å²) in [6.07, 6.45) is 2.48. The van der Waals surface area contributed by atoms with Gasteiger partial charge in [-0.15, -0.1) is 0 Å². The first kappa shape index (κ1) is 20.0. The summed E-state index contributed by atoms with van der Waals surface area (Å²) in [5.41, 5.74) is 7.88. The van der Waals surface area contributed by atoms with E-state index in [2.05, 4.69) is 12.1 Å². The van der Waals surface area contributed by atoms with E-state index in [-0.39, 0.29) is 42.0 Å². The van der Waals surface area contributed by atoms with Gasteiger partial charge in [-0.25, -0.2) is 0 Å². The van der Waals surface area contributed by atoms with Crippen molar-refractivity contribution in [1.29, 1.82) is 10.5 Å². The summed E-state index contributed by atoms with van der Waals surface area (Å²) in [7, 11) is 0. The first-order valence-electron chi connectivity index (χ1n) is 11.0. The molecule has 3 saturated heterocycles. The van der Waals surface area contributed by atoms with Gasteiger partial charge < -0.3 is 15.5 Å². The zero-order valence-electron chi connectivity index (χ0n) is 17.5. The summed E-state index contributed by atoms with van der Waals surface area (Å²) >= 11 is 0. The van der Waals surface area contributed by atoms with Crippen molar-refractivity contribution in [2.45, 2.75) is 62.4 Å². The molecule has 1 saturated carbocycles. The molecule has 4 aliphatic rings. The Bertz CT molecular complexity index is 995. The van der Waals surface area contributed by atoms with Gasteiger partial charge in [0.2, 0.25) is 11.8 Å². The molecule has 1 aromatic rings. The van der Waals surface area contributed by atoms with Crippen LogP contribution in [0.1, 0.15) is 43.4 Å². The van der Waals surface area contributed by atoms with Crippen molar-refractivity contribution in [3.8, 4) is 12.1 Å². The van der Waals surface area contributed by atoms with Crippen LogP contribution in [0.4, 0.5) is 0 Å². The van der Waals surface area contributed by atoms with Gasteiger partial charge >= 0.3 is 0 Å². The van der Waals surface area contributed by atoms with Gasteiger partial charge in [0, 0.05) is 25.2 Å². The maximum atomic E-state index is 13.1. The number of fused-ring (bicyclic) bond motifs is 3. The summed E-state index contributed by atoms with van der Waals surface area (Å²) in [5.74, 6) is 0.378.